The van der Waals surface area contributed by atoms with E-state index in [-0.39, 0.29) is 28.2 Å². The number of pyridine rings is 1. The van der Waals surface area contributed by atoms with E-state index < -0.39 is 15.7 Å². The summed E-state index contributed by atoms with van der Waals surface area (Å²) in [5, 5.41) is 5.18. The highest BCUT2D eigenvalue weighted by atomic mass is 32.2. The Morgan fingerprint density at radius 3 is 2.75 bits per heavy atom. The van der Waals surface area contributed by atoms with Crippen LogP contribution in [0.4, 0.5) is 11.5 Å². The number of carbonyl (C=O) groups excluding carboxylic acids is 2. The normalized spacial score (nSPS) is 16.2. The molecule has 3 rings (SSSR count). The maximum atomic E-state index is 12.6. The van der Waals surface area contributed by atoms with Gasteiger partial charge >= 0.3 is 0 Å². The molecule has 2 heterocycles. The summed E-state index contributed by atoms with van der Waals surface area (Å²) in [6.07, 6.45) is 2.13. The van der Waals surface area contributed by atoms with Crippen LogP contribution in [0.5, 0.6) is 0 Å². The second-order valence-electron chi connectivity index (χ2n) is 6.50. The molecule has 1 atom stereocenters. The summed E-state index contributed by atoms with van der Waals surface area (Å²) in [7, 11) is -3.67. The molecule has 2 N–H and O–H groups in total. The zero-order valence-corrected chi connectivity index (χ0v) is 17.2. The van der Waals surface area contributed by atoms with Crippen molar-refractivity contribution in [2.75, 3.05) is 16.4 Å². The molecular formula is C19H21N3O4S2. The first-order valence-corrected chi connectivity index (χ1v) is 11.4. The molecule has 0 bridgehead atoms. The van der Waals surface area contributed by atoms with Crippen molar-refractivity contribution in [2.45, 2.75) is 41.7 Å². The quantitative estimate of drug-likeness (QED) is 0.746. The van der Waals surface area contributed by atoms with Gasteiger partial charge in [-0.2, -0.15) is 0 Å². The molecule has 2 amide bonds. The summed E-state index contributed by atoms with van der Waals surface area (Å²) in [5.41, 5.74) is 1.46. The molecule has 0 aliphatic carbocycles. The predicted octanol–water partition coefficient (Wildman–Crippen LogP) is 3.02. The number of nitrogens with one attached hydrogen (secondary N) is 2. The first-order chi connectivity index (χ1) is 13.3. The van der Waals surface area contributed by atoms with Gasteiger partial charge in [-0.1, -0.05) is 13.0 Å². The van der Waals surface area contributed by atoms with E-state index in [1.807, 2.05) is 19.9 Å². The Balaban J connectivity index is 1.66. The van der Waals surface area contributed by atoms with Gasteiger partial charge in [-0.15, -0.1) is 11.8 Å². The van der Waals surface area contributed by atoms with Gasteiger partial charge in [0.1, 0.15) is 5.82 Å². The lowest BCUT2D eigenvalue weighted by Gasteiger charge is -2.23. The number of aryl methyl sites for hydroxylation is 1. The molecule has 0 saturated carbocycles. The maximum Gasteiger partial charge on any atom is 0.237 e. The highest BCUT2D eigenvalue weighted by molar-refractivity contribution is 8.01. The van der Waals surface area contributed by atoms with Crippen LogP contribution >= 0.6 is 11.8 Å². The molecule has 28 heavy (non-hydrogen) atoms. The molecule has 1 aliphatic rings. The fourth-order valence-corrected chi connectivity index (χ4v) is 4.97. The number of benzene rings is 1. The Labute approximate surface area is 168 Å². The maximum absolute atomic E-state index is 12.6. The molecule has 0 unspecified atom stereocenters. The van der Waals surface area contributed by atoms with Gasteiger partial charge in [0.25, 0.3) is 0 Å². The van der Waals surface area contributed by atoms with Gasteiger partial charge in [0, 0.05) is 17.5 Å². The lowest BCUT2D eigenvalue weighted by atomic mass is 10.2. The Hall–Kier alpha value is -2.39. The van der Waals surface area contributed by atoms with Crippen LogP contribution < -0.4 is 10.6 Å². The van der Waals surface area contributed by atoms with Crippen LogP contribution in [0.15, 0.2) is 46.3 Å². The molecule has 1 aromatic carbocycles. The minimum atomic E-state index is -3.67. The van der Waals surface area contributed by atoms with Crippen molar-refractivity contribution in [3.05, 3.63) is 42.1 Å². The smallest absolute Gasteiger partial charge is 0.237 e. The van der Waals surface area contributed by atoms with E-state index in [0.29, 0.717) is 17.9 Å². The van der Waals surface area contributed by atoms with Crippen LogP contribution in [0, 0.1) is 6.92 Å². The van der Waals surface area contributed by atoms with Gasteiger partial charge in [0.05, 0.1) is 21.6 Å². The van der Waals surface area contributed by atoms with Crippen LogP contribution in [0.25, 0.3) is 0 Å². The van der Waals surface area contributed by atoms with E-state index in [9.17, 15) is 18.0 Å². The molecular weight excluding hydrogens is 398 g/mol. The van der Waals surface area contributed by atoms with E-state index in [0.717, 1.165) is 10.5 Å². The van der Waals surface area contributed by atoms with Crippen molar-refractivity contribution in [1.82, 2.24) is 4.98 Å². The molecule has 7 nitrogen and oxygen atoms in total. The van der Waals surface area contributed by atoms with E-state index in [1.165, 1.54) is 23.9 Å². The minimum Gasteiger partial charge on any atom is -0.324 e. The number of sulfone groups is 1. The first kappa shape index (κ1) is 20.3. The van der Waals surface area contributed by atoms with Gasteiger partial charge in [-0.25, -0.2) is 13.4 Å². The van der Waals surface area contributed by atoms with Crippen molar-refractivity contribution >= 4 is 44.9 Å². The number of rotatable bonds is 6. The van der Waals surface area contributed by atoms with Crippen molar-refractivity contribution < 1.29 is 18.0 Å². The number of anilines is 2. The highest BCUT2D eigenvalue weighted by Crippen LogP contribution is 2.38. The molecule has 0 saturated heterocycles. The molecule has 9 heteroatoms. The zero-order valence-electron chi connectivity index (χ0n) is 15.6. The zero-order chi connectivity index (χ0) is 20.3. The lowest BCUT2D eigenvalue weighted by Crippen LogP contribution is -2.28. The van der Waals surface area contributed by atoms with Gasteiger partial charge < -0.3 is 10.6 Å². The number of amides is 2. The minimum absolute atomic E-state index is 0.0864. The topological polar surface area (TPSA) is 105 Å². The van der Waals surface area contributed by atoms with Crippen LogP contribution in [0.3, 0.4) is 0 Å². The van der Waals surface area contributed by atoms with Crippen molar-refractivity contribution in [1.29, 1.82) is 0 Å². The number of hydrogen-bond donors (Lipinski definition) is 2. The Morgan fingerprint density at radius 2 is 2.07 bits per heavy atom. The van der Waals surface area contributed by atoms with Crippen LogP contribution in [-0.4, -0.2) is 36.2 Å². The standard InChI is InChI=1S/C19H21N3O4S2/c1-3-15-19(24)21-14-10-13(5-6-16(14)27-15)28(25,26)9-8-18(23)22-17-7-4-12(2)11-20-17/h4-7,10-11,15H,3,8-9H2,1-2H3,(H,21,24)(H,20,22,23)/t15-/m0/s1. The predicted molar refractivity (Wildman–Crippen MR) is 109 cm³/mol. The Bertz CT molecular complexity index is 1000. The molecule has 148 valence electrons. The van der Waals surface area contributed by atoms with E-state index in [2.05, 4.69) is 15.6 Å². The van der Waals surface area contributed by atoms with Crippen molar-refractivity contribution in [2.24, 2.45) is 0 Å². The number of thioether (sulfide) groups is 1. The van der Waals surface area contributed by atoms with Crippen LogP contribution in [-0.2, 0) is 19.4 Å². The van der Waals surface area contributed by atoms with Crippen molar-refractivity contribution in [3.8, 4) is 0 Å². The second kappa shape index (κ2) is 8.32. The fourth-order valence-electron chi connectivity index (χ4n) is 2.68. The summed E-state index contributed by atoms with van der Waals surface area (Å²) in [5.74, 6) is -0.499. The van der Waals surface area contributed by atoms with Gasteiger partial charge in [-0.05, 0) is 43.2 Å². The molecule has 1 aromatic heterocycles. The van der Waals surface area contributed by atoms with E-state index >= 15 is 0 Å². The Kier molecular flexibility index (Phi) is 6.04. The third kappa shape index (κ3) is 4.71. The third-order valence-electron chi connectivity index (χ3n) is 4.28. The molecule has 0 radical (unpaired) electrons. The number of nitrogens with zero attached hydrogens (tertiary/aromatic N) is 1. The molecule has 2 aromatic rings. The SMILES string of the molecule is CC[C@@H]1Sc2ccc(S(=O)(=O)CCC(=O)Nc3ccc(C)cn3)cc2NC1=O. The summed E-state index contributed by atoms with van der Waals surface area (Å²) >= 11 is 1.43. The van der Waals surface area contributed by atoms with Gasteiger partial charge in [-0.3, -0.25) is 9.59 Å². The largest absolute Gasteiger partial charge is 0.324 e. The number of hydrogen-bond acceptors (Lipinski definition) is 6. The van der Waals surface area contributed by atoms with Gasteiger partial charge in [0.15, 0.2) is 9.84 Å². The number of carbonyl (C=O) groups is 2. The molecule has 0 spiro atoms. The van der Waals surface area contributed by atoms with Crippen LogP contribution in [0.2, 0.25) is 0 Å². The highest BCUT2D eigenvalue weighted by Gasteiger charge is 2.27. The average Bonchev–Trinajstić information content (AvgIpc) is 2.67. The third-order valence-corrected chi connectivity index (χ3v) is 7.43. The lowest BCUT2D eigenvalue weighted by molar-refractivity contribution is -0.116. The van der Waals surface area contributed by atoms with Gasteiger partial charge in [0.2, 0.25) is 11.8 Å². The summed E-state index contributed by atoms with van der Waals surface area (Å²) in [4.78, 5) is 29.1. The number of fused-ring (bicyclic) bond motifs is 1. The van der Waals surface area contributed by atoms with Crippen LogP contribution in [0.1, 0.15) is 25.3 Å². The monoisotopic (exact) mass is 419 g/mol. The van der Waals surface area contributed by atoms with Crippen molar-refractivity contribution in [3.63, 3.8) is 0 Å². The first-order valence-electron chi connectivity index (χ1n) is 8.85. The molecule has 0 fully saturated rings. The second-order valence-corrected chi connectivity index (χ2v) is 9.85. The molecule has 1 aliphatic heterocycles. The summed E-state index contributed by atoms with van der Waals surface area (Å²) in [6.45, 7) is 3.81. The summed E-state index contributed by atoms with van der Waals surface area (Å²) in [6, 6.07) is 8.15. The average molecular weight is 420 g/mol. The number of aromatic nitrogens is 1. The summed E-state index contributed by atoms with van der Waals surface area (Å²) < 4.78 is 25.2. The fraction of sp³-hybridized carbons (Fsp3) is 0.316. The Morgan fingerprint density at radius 1 is 1.29 bits per heavy atom. The van der Waals surface area contributed by atoms with E-state index in [4.69, 9.17) is 0 Å². The van der Waals surface area contributed by atoms with E-state index in [1.54, 1.807) is 18.3 Å².